The van der Waals surface area contributed by atoms with Crippen molar-refractivity contribution in [3.8, 4) is 0 Å². The summed E-state index contributed by atoms with van der Waals surface area (Å²) in [6, 6.07) is 3.93. The lowest BCUT2D eigenvalue weighted by Crippen LogP contribution is -2.17. The summed E-state index contributed by atoms with van der Waals surface area (Å²) in [5, 5.41) is 3.18. The van der Waals surface area contributed by atoms with E-state index in [4.69, 9.17) is 17.3 Å². The Kier molecular flexibility index (Phi) is 7.15. The maximum atomic E-state index is 14.1. The number of amidine groups is 1. The van der Waals surface area contributed by atoms with E-state index in [1.807, 2.05) is 6.92 Å². The average molecular weight is 413 g/mol. The van der Waals surface area contributed by atoms with Crippen LogP contribution in [0.5, 0.6) is 0 Å². The van der Waals surface area contributed by atoms with Gasteiger partial charge >= 0.3 is 0 Å². The van der Waals surface area contributed by atoms with Crippen molar-refractivity contribution in [3.63, 3.8) is 0 Å². The molecule has 0 saturated carbocycles. The molecule has 5 nitrogen and oxygen atoms in total. The molecule has 0 aliphatic heterocycles. The first kappa shape index (κ1) is 21.1. The maximum absolute atomic E-state index is 14.1. The van der Waals surface area contributed by atoms with Gasteiger partial charge in [-0.05, 0) is 36.6 Å². The lowest BCUT2D eigenvalue weighted by atomic mass is 10.1. The largest absolute Gasteiger partial charge is 0.379 e. The van der Waals surface area contributed by atoms with Crippen molar-refractivity contribution in [2.45, 2.75) is 25.5 Å². The lowest BCUT2D eigenvalue weighted by molar-refractivity contribution is 0.102. The number of nitrogens with two attached hydrogens (primary N) is 1. The fourth-order valence-electron chi connectivity index (χ4n) is 2.45. The normalized spacial score (nSPS) is 12.7. The van der Waals surface area contributed by atoms with Crippen LogP contribution in [0, 0.1) is 18.6 Å². The van der Waals surface area contributed by atoms with E-state index in [0.717, 1.165) is 6.07 Å². The Labute approximate surface area is 165 Å². The number of hydrogen-bond donors (Lipinski definition) is 2. The molecule has 3 N–H and O–H groups in total. The summed E-state index contributed by atoms with van der Waals surface area (Å²) in [4.78, 5) is 20.2. The molecule has 2 rings (SSSR count). The third-order valence-electron chi connectivity index (χ3n) is 3.67. The third kappa shape index (κ3) is 5.64. The first-order chi connectivity index (χ1) is 12.7. The van der Waals surface area contributed by atoms with Gasteiger partial charge in [0.1, 0.15) is 5.69 Å². The standard InChI is InChI=1S/C18H19ClF2N4OS/c1-9-4-12(19)8-24-16(9)17(26)25-13-6-11(15(21)14(20)7-13)5-10(2)27-18(22)23-3/h4,6-8,10H,5H2,1-3H3,(H2,22,23)(H,25,26)/t10-/m1/s1. The van der Waals surface area contributed by atoms with Gasteiger partial charge in [0.05, 0.1) is 5.02 Å². The number of nitrogens with one attached hydrogen (secondary N) is 1. The number of amides is 1. The van der Waals surface area contributed by atoms with E-state index >= 15 is 0 Å². The summed E-state index contributed by atoms with van der Waals surface area (Å²) >= 11 is 7.09. The van der Waals surface area contributed by atoms with Crippen LogP contribution in [0.25, 0.3) is 0 Å². The maximum Gasteiger partial charge on any atom is 0.274 e. The number of benzene rings is 1. The second-order valence-electron chi connectivity index (χ2n) is 5.90. The monoisotopic (exact) mass is 412 g/mol. The number of pyridine rings is 1. The van der Waals surface area contributed by atoms with Gasteiger partial charge in [-0.25, -0.2) is 13.8 Å². The molecule has 0 radical (unpaired) electrons. The zero-order valence-corrected chi connectivity index (χ0v) is 16.6. The number of halogens is 3. The van der Waals surface area contributed by atoms with Gasteiger partial charge in [0, 0.05) is 30.2 Å². The summed E-state index contributed by atoms with van der Waals surface area (Å²) in [6.45, 7) is 3.51. The zero-order chi connectivity index (χ0) is 20.1. The molecule has 1 amide bonds. The van der Waals surface area contributed by atoms with Crippen molar-refractivity contribution in [1.82, 2.24) is 4.98 Å². The number of aliphatic imine (C=N–C) groups is 1. The summed E-state index contributed by atoms with van der Waals surface area (Å²) in [5.74, 6) is -2.53. The number of anilines is 1. The van der Waals surface area contributed by atoms with E-state index in [1.165, 1.54) is 24.0 Å². The van der Waals surface area contributed by atoms with E-state index in [-0.39, 0.29) is 28.6 Å². The number of nitrogens with zero attached hydrogens (tertiary/aromatic N) is 2. The number of hydrogen-bond acceptors (Lipinski definition) is 4. The molecule has 0 bridgehead atoms. The molecule has 0 unspecified atom stereocenters. The van der Waals surface area contributed by atoms with Crippen LogP contribution < -0.4 is 11.1 Å². The van der Waals surface area contributed by atoms with Gasteiger partial charge in [-0.1, -0.05) is 30.3 Å². The van der Waals surface area contributed by atoms with Gasteiger partial charge < -0.3 is 11.1 Å². The van der Waals surface area contributed by atoms with Gasteiger partial charge in [-0.3, -0.25) is 9.79 Å². The van der Waals surface area contributed by atoms with Crippen LogP contribution in [0.1, 0.15) is 28.5 Å². The molecule has 27 heavy (non-hydrogen) atoms. The van der Waals surface area contributed by atoms with Crippen LogP contribution in [0.3, 0.4) is 0 Å². The van der Waals surface area contributed by atoms with Crippen molar-refractivity contribution < 1.29 is 13.6 Å². The molecule has 1 heterocycles. The molecule has 2 aromatic rings. The predicted molar refractivity (Wildman–Crippen MR) is 107 cm³/mol. The summed E-state index contributed by atoms with van der Waals surface area (Å²) in [5.41, 5.74) is 6.65. The van der Waals surface area contributed by atoms with E-state index in [1.54, 1.807) is 20.0 Å². The van der Waals surface area contributed by atoms with Crippen molar-refractivity contribution in [1.29, 1.82) is 0 Å². The summed E-state index contributed by atoms with van der Waals surface area (Å²) in [7, 11) is 1.55. The Morgan fingerprint density at radius 1 is 1.41 bits per heavy atom. The van der Waals surface area contributed by atoms with Crippen LogP contribution in [0.4, 0.5) is 14.5 Å². The van der Waals surface area contributed by atoms with Crippen LogP contribution in [-0.2, 0) is 6.42 Å². The minimum absolute atomic E-state index is 0.131. The van der Waals surface area contributed by atoms with E-state index < -0.39 is 17.5 Å². The molecule has 0 saturated heterocycles. The second-order valence-corrected chi connectivity index (χ2v) is 7.79. The highest BCUT2D eigenvalue weighted by molar-refractivity contribution is 8.14. The van der Waals surface area contributed by atoms with Crippen molar-refractivity contribution >= 4 is 40.1 Å². The number of thioether (sulfide) groups is 1. The lowest BCUT2D eigenvalue weighted by Gasteiger charge is -2.14. The van der Waals surface area contributed by atoms with E-state index in [2.05, 4.69) is 15.3 Å². The SMILES string of the molecule is CN=C(N)S[C@H](C)Cc1cc(NC(=O)c2ncc(Cl)cc2C)cc(F)c1F. The fourth-order valence-corrected chi connectivity index (χ4v) is 3.44. The minimum Gasteiger partial charge on any atom is -0.379 e. The van der Waals surface area contributed by atoms with Crippen molar-refractivity contribution in [3.05, 3.63) is 57.9 Å². The Morgan fingerprint density at radius 3 is 2.74 bits per heavy atom. The van der Waals surface area contributed by atoms with Crippen LogP contribution in [0.2, 0.25) is 5.02 Å². The number of carbonyl (C=O) groups excluding carboxylic acids is 1. The quantitative estimate of drug-likeness (QED) is 0.570. The molecule has 0 aliphatic rings. The molecular formula is C18H19ClF2N4OS. The average Bonchev–Trinajstić information content (AvgIpc) is 2.58. The minimum atomic E-state index is -1.04. The molecule has 1 atom stereocenters. The summed E-state index contributed by atoms with van der Waals surface area (Å²) in [6.07, 6.45) is 1.56. The number of aryl methyl sites for hydroxylation is 1. The van der Waals surface area contributed by atoms with Crippen molar-refractivity contribution in [2.75, 3.05) is 12.4 Å². The molecule has 0 fully saturated rings. The van der Waals surface area contributed by atoms with Gasteiger partial charge in [-0.15, -0.1) is 0 Å². The Hall–Kier alpha value is -2.19. The van der Waals surface area contributed by atoms with Crippen molar-refractivity contribution in [2.24, 2.45) is 10.7 Å². The van der Waals surface area contributed by atoms with Crippen LogP contribution in [0.15, 0.2) is 29.4 Å². The molecular weight excluding hydrogens is 394 g/mol. The van der Waals surface area contributed by atoms with Gasteiger partial charge in [0.15, 0.2) is 16.8 Å². The van der Waals surface area contributed by atoms with E-state index in [0.29, 0.717) is 15.8 Å². The number of carbonyl (C=O) groups is 1. The molecule has 1 aromatic heterocycles. The van der Waals surface area contributed by atoms with Gasteiger partial charge in [-0.2, -0.15) is 0 Å². The Bertz CT molecular complexity index is 892. The highest BCUT2D eigenvalue weighted by Crippen LogP contribution is 2.24. The fraction of sp³-hybridized carbons (Fsp3) is 0.278. The van der Waals surface area contributed by atoms with Crippen LogP contribution >= 0.6 is 23.4 Å². The molecule has 0 aliphatic carbocycles. The topological polar surface area (TPSA) is 80.4 Å². The van der Waals surface area contributed by atoms with Gasteiger partial charge in [0.2, 0.25) is 0 Å². The zero-order valence-electron chi connectivity index (χ0n) is 15.0. The predicted octanol–water partition coefficient (Wildman–Crippen LogP) is 4.18. The van der Waals surface area contributed by atoms with Crippen LogP contribution in [-0.4, -0.2) is 28.4 Å². The Balaban J connectivity index is 2.22. The Morgan fingerprint density at radius 2 is 2.11 bits per heavy atom. The number of aromatic nitrogens is 1. The first-order valence-corrected chi connectivity index (χ1v) is 9.27. The summed E-state index contributed by atoms with van der Waals surface area (Å²) < 4.78 is 28.1. The highest BCUT2D eigenvalue weighted by Gasteiger charge is 2.17. The third-order valence-corrected chi connectivity index (χ3v) is 4.87. The first-order valence-electron chi connectivity index (χ1n) is 8.01. The molecule has 0 spiro atoms. The smallest absolute Gasteiger partial charge is 0.274 e. The molecule has 1 aromatic carbocycles. The second kappa shape index (κ2) is 9.14. The number of rotatable bonds is 5. The molecule has 9 heteroatoms. The van der Waals surface area contributed by atoms with Gasteiger partial charge in [0.25, 0.3) is 5.91 Å². The molecule has 144 valence electrons. The highest BCUT2D eigenvalue weighted by atomic mass is 35.5. The van der Waals surface area contributed by atoms with E-state index in [9.17, 15) is 13.6 Å².